The standard InChI is InChI=1S/C8H10N2O5/c11-4-3-15-7(6(4)13)10-2-1-5(12)9-8(10)14/h1-2,4,6-7,11,13H,3H2,(H,9,12,14)/t4-,6-,7-/m0/s1. The molecule has 82 valence electrons. The van der Waals surface area contributed by atoms with Crippen molar-refractivity contribution in [3.63, 3.8) is 0 Å². The molecule has 7 nitrogen and oxygen atoms in total. The van der Waals surface area contributed by atoms with Crippen LogP contribution in [0.25, 0.3) is 0 Å². The normalized spacial score (nSPS) is 30.7. The van der Waals surface area contributed by atoms with Crippen LogP contribution < -0.4 is 11.2 Å². The van der Waals surface area contributed by atoms with Gasteiger partial charge in [-0.1, -0.05) is 0 Å². The summed E-state index contributed by atoms with van der Waals surface area (Å²) in [5.74, 6) is 0. The molecule has 2 rings (SSSR count). The van der Waals surface area contributed by atoms with Gasteiger partial charge in [0.1, 0.15) is 12.2 Å². The van der Waals surface area contributed by atoms with Crippen molar-refractivity contribution < 1.29 is 14.9 Å². The van der Waals surface area contributed by atoms with E-state index in [0.29, 0.717) is 0 Å². The first-order valence-corrected chi connectivity index (χ1v) is 4.39. The third kappa shape index (κ3) is 1.72. The number of aromatic amines is 1. The highest BCUT2D eigenvalue weighted by atomic mass is 16.5. The van der Waals surface area contributed by atoms with Crippen molar-refractivity contribution in [3.05, 3.63) is 33.1 Å². The molecule has 15 heavy (non-hydrogen) atoms. The van der Waals surface area contributed by atoms with Crippen LogP contribution in [0.5, 0.6) is 0 Å². The van der Waals surface area contributed by atoms with Gasteiger partial charge in [-0.05, 0) is 0 Å². The lowest BCUT2D eigenvalue weighted by Crippen LogP contribution is -2.37. The summed E-state index contributed by atoms with van der Waals surface area (Å²) in [7, 11) is 0. The van der Waals surface area contributed by atoms with Gasteiger partial charge in [-0.2, -0.15) is 0 Å². The van der Waals surface area contributed by atoms with E-state index >= 15 is 0 Å². The second-order valence-corrected chi connectivity index (χ2v) is 3.30. The van der Waals surface area contributed by atoms with Crippen LogP contribution in [-0.4, -0.2) is 38.6 Å². The molecule has 3 atom stereocenters. The Morgan fingerprint density at radius 1 is 1.47 bits per heavy atom. The summed E-state index contributed by atoms with van der Waals surface area (Å²) < 4.78 is 6.06. The van der Waals surface area contributed by atoms with Gasteiger partial charge in [0.15, 0.2) is 6.23 Å². The van der Waals surface area contributed by atoms with E-state index in [0.717, 1.165) is 10.6 Å². The van der Waals surface area contributed by atoms with E-state index in [1.54, 1.807) is 0 Å². The van der Waals surface area contributed by atoms with Crippen LogP contribution in [0.2, 0.25) is 0 Å². The first-order valence-electron chi connectivity index (χ1n) is 4.39. The van der Waals surface area contributed by atoms with Crippen molar-refractivity contribution in [1.82, 2.24) is 9.55 Å². The topological polar surface area (TPSA) is 105 Å². The van der Waals surface area contributed by atoms with E-state index in [2.05, 4.69) is 0 Å². The lowest BCUT2D eigenvalue weighted by molar-refractivity contribution is -0.0212. The van der Waals surface area contributed by atoms with E-state index < -0.39 is 29.7 Å². The van der Waals surface area contributed by atoms with Crippen LogP contribution in [0.3, 0.4) is 0 Å². The summed E-state index contributed by atoms with van der Waals surface area (Å²) in [5.41, 5.74) is -1.20. The smallest absolute Gasteiger partial charge is 0.330 e. The highest BCUT2D eigenvalue weighted by molar-refractivity contribution is 4.89. The van der Waals surface area contributed by atoms with Crippen molar-refractivity contribution in [1.29, 1.82) is 0 Å². The lowest BCUT2D eigenvalue weighted by Gasteiger charge is -2.16. The molecule has 7 heteroatoms. The Balaban J connectivity index is 2.39. The molecular weight excluding hydrogens is 204 g/mol. The lowest BCUT2D eigenvalue weighted by atomic mass is 10.2. The van der Waals surface area contributed by atoms with Crippen molar-refractivity contribution in [2.45, 2.75) is 18.4 Å². The number of nitrogens with one attached hydrogen (secondary N) is 1. The number of H-pyrrole nitrogens is 1. The molecule has 0 bridgehead atoms. The molecule has 0 aromatic carbocycles. The minimum absolute atomic E-state index is 0.0442. The highest BCUT2D eigenvalue weighted by Crippen LogP contribution is 2.21. The van der Waals surface area contributed by atoms with Crippen molar-refractivity contribution in [2.24, 2.45) is 0 Å². The molecule has 1 saturated heterocycles. The van der Waals surface area contributed by atoms with Crippen LogP contribution >= 0.6 is 0 Å². The number of hydrogen-bond acceptors (Lipinski definition) is 5. The molecule has 3 N–H and O–H groups in total. The number of nitrogens with zero attached hydrogens (tertiary/aromatic N) is 1. The summed E-state index contributed by atoms with van der Waals surface area (Å²) in [4.78, 5) is 24.1. The predicted octanol–water partition coefficient (Wildman–Crippen LogP) is -2.21. The maximum atomic E-state index is 11.3. The molecule has 1 aromatic heterocycles. The van der Waals surface area contributed by atoms with Crippen LogP contribution in [-0.2, 0) is 4.74 Å². The largest absolute Gasteiger partial charge is 0.388 e. The molecule has 2 heterocycles. The van der Waals surface area contributed by atoms with Gasteiger partial charge in [-0.15, -0.1) is 0 Å². The Kier molecular flexibility index (Phi) is 2.43. The fourth-order valence-corrected chi connectivity index (χ4v) is 1.46. The van der Waals surface area contributed by atoms with Crippen molar-refractivity contribution in [3.8, 4) is 0 Å². The third-order valence-electron chi connectivity index (χ3n) is 2.25. The van der Waals surface area contributed by atoms with Gasteiger partial charge in [0.2, 0.25) is 0 Å². The van der Waals surface area contributed by atoms with Crippen LogP contribution in [0.4, 0.5) is 0 Å². The zero-order valence-corrected chi connectivity index (χ0v) is 7.66. The number of aliphatic hydroxyl groups is 2. The fraction of sp³-hybridized carbons (Fsp3) is 0.500. The summed E-state index contributed by atoms with van der Waals surface area (Å²) in [6.45, 7) is -0.0442. The Bertz CT molecular complexity index is 465. The molecule has 0 aliphatic carbocycles. The summed E-state index contributed by atoms with van der Waals surface area (Å²) in [6.07, 6.45) is -1.93. The van der Waals surface area contributed by atoms with E-state index in [1.807, 2.05) is 4.98 Å². The summed E-state index contributed by atoms with van der Waals surface area (Å²) >= 11 is 0. The van der Waals surface area contributed by atoms with Crippen LogP contribution in [0.1, 0.15) is 6.23 Å². The van der Waals surface area contributed by atoms with Gasteiger partial charge in [-0.25, -0.2) is 4.79 Å². The Morgan fingerprint density at radius 2 is 2.20 bits per heavy atom. The molecular formula is C8H10N2O5. The monoisotopic (exact) mass is 214 g/mol. The average molecular weight is 214 g/mol. The predicted molar refractivity (Wildman–Crippen MR) is 48.3 cm³/mol. The zero-order chi connectivity index (χ0) is 11.0. The van der Waals surface area contributed by atoms with E-state index in [-0.39, 0.29) is 6.61 Å². The van der Waals surface area contributed by atoms with Gasteiger partial charge in [0.05, 0.1) is 6.61 Å². The van der Waals surface area contributed by atoms with Gasteiger partial charge >= 0.3 is 5.69 Å². The summed E-state index contributed by atoms with van der Waals surface area (Å²) in [6, 6.07) is 1.14. The minimum atomic E-state index is -1.17. The maximum absolute atomic E-state index is 11.3. The number of rotatable bonds is 1. The first-order chi connectivity index (χ1) is 7.09. The van der Waals surface area contributed by atoms with Crippen molar-refractivity contribution >= 4 is 0 Å². The quantitative estimate of drug-likeness (QED) is 0.491. The fourth-order valence-electron chi connectivity index (χ4n) is 1.46. The number of aliphatic hydroxyl groups excluding tert-OH is 2. The second kappa shape index (κ2) is 3.61. The molecule has 1 aromatic rings. The maximum Gasteiger partial charge on any atom is 0.330 e. The average Bonchev–Trinajstić information content (AvgIpc) is 2.49. The van der Waals surface area contributed by atoms with Gasteiger partial charge in [0, 0.05) is 12.3 Å². The molecule has 0 saturated carbocycles. The van der Waals surface area contributed by atoms with E-state index in [4.69, 9.17) is 4.74 Å². The minimum Gasteiger partial charge on any atom is -0.388 e. The Morgan fingerprint density at radius 3 is 2.73 bits per heavy atom. The Labute approximate surface area is 83.6 Å². The van der Waals surface area contributed by atoms with Crippen LogP contribution in [0, 0.1) is 0 Å². The van der Waals surface area contributed by atoms with E-state index in [1.165, 1.54) is 6.20 Å². The molecule has 1 fully saturated rings. The second-order valence-electron chi connectivity index (χ2n) is 3.30. The third-order valence-corrected chi connectivity index (χ3v) is 2.25. The SMILES string of the molecule is O=c1ccn([C@H]2OC[C@H](O)[C@@H]2O)c(=O)[nH]1. The first kappa shape index (κ1) is 10.1. The van der Waals surface area contributed by atoms with Gasteiger partial charge in [0.25, 0.3) is 5.56 Å². The van der Waals surface area contributed by atoms with Gasteiger partial charge in [-0.3, -0.25) is 14.3 Å². The molecule has 0 radical (unpaired) electrons. The Hall–Kier alpha value is -1.44. The van der Waals surface area contributed by atoms with E-state index in [9.17, 15) is 19.8 Å². The van der Waals surface area contributed by atoms with Gasteiger partial charge < -0.3 is 14.9 Å². The highest BCUT2D eigenvalue weighted by Gasteiger charge is 2.36. The summed E-state index contributed by atoms with van der Waals surface area (Å²) in [5, 5.41) is 18.7. The number of ether oxygens (including phenoxy) is 1. The van der Waals surface area contributed by atoms with Crippen molar-refractivity contribution in [2.75, 3.05) is 6.61 Å². The number of aromatic nitrogens is 2. The van der Waals surface area contributed by atoms with Crippen LogP contribution in [0.15, 0.2) is 21.9 Å². The molecule has 0 spiro atoms. The molecule has 0 unspecified atom stereocenters. The molecule has 1 aliphatic rings. The number of hydrogen-bond donors (Lipinski definition) is 3. The zero-order valence-electron chi connectivity index (χ0n) is 7.66. The molecule has 1 aliphatic heterocycles. The molecule has 0 amide bonds.